The zero-order valence-corrected chi connectivity index (χ0v) is 28.3. The topological polar surface area (TPSA) is 59.9 Å². The minimum atomic E-state index is -3.74. The van der Waals surface area contributed by atoms with Crippen LogP contribution < -0.4 is 0 Å². The molecule has 0 saturated heterocycles. The first kappa shape index (κ1) is 30.6. The van der Waals surface area contributed by atoms with Crippen LogP contribution in [0.4, 0.5) is 0 Å². The molecule has 0 radical (unpaired) electrons. The molecule has 0 N–H and O–H groups in total. The van der Waals surface area contributed by atoms with E-state index in [2.05, 4.69) is 60.7 Å². The van der Waals surface area contributed by atoms with E-state index in [0.29, 0.717) is 32.4 Å². The van der Waals surface area contributed by atoms with E-state index < -0.39 is 9.84 Å². The lowest BCUT2D eigenvalue weighted by Crippen LogP contribution is -1.98. The van der Waals surface area contributed by atoms with Gasteiger partial charge in [-0.15, -0.1) is 0 Å². The first-order valence-corrected chi connectivity index (χ1v) is 18.3. The molecule has 0 atom stereocenters. The number of sulfone groups is 1. The first-order chi connectivity index (χ1) is 25.0. The lowest BCUT2D eigenvalue weighted by molar-refractivity contribution is 0.598. The summed E-state index contributed by atoms with van der Waals surface area (Å²) >= 11 is 0. The highest BCUT2D eigenvalue weighted by molar-refractivity contribution is 7.92. The molecule has 242 valence electrons. The van der Waals surface area contributed by atoms with Crippen LogP contribution in [0.15, 0.2) is 192 Å². The van der Waals surface area contributed by atoms with Crippen molar-refractivity contribution in [3.8, 4) is 78.4 Å². The number of rotatable bonds is 6. The van der Waals surface area contributed by atoms with Crippen molar-refractivity contribution in [2.45, 2.75) is 9.79 Å². The average molecular weight is 675 g/mol. The molecule has 7 aromatic carbocycles. The first-order valence-electron chi connectivity index (χ1n) is 16.8. The Hall–Kier alpha value is -6.43. The summed E-state index contributed by atoms with van der Waals surface area (Å²) in [5.74, 6) is 0.567. The Morgan fingerprint density at radius 2 is 0.804 bits per heavy atom. The second-order valence-electron chi connectivity index (χ2n) is 12.6. The van der Waals surface area contributed by atoms with E-state index in [1.165, 1.54) is 0 Å². The minimum Gasteiger partial charge on any atom is -0.228 e. The van der Waals surface area contributed by atoms with Crippen molar-refractivity contribution in [2.24, 2.45) is 0 Å². The van der Waals surface area contributed by atoms with E-state index in [1.54, 1.807) is 18.2 Å². The molecule has 9 rings (SSSR count). The number of aromatic nitrogens is 2. The van der Waals surface area contributed by atoms with Gasteiger partial charge in [0.1, 0.15) is 0 Å². The summed E-state index contributed by atoms with van der Waals surface area (Å²) in [5.41, 5.74) is 11.8. The van der Waals surface area contributed by atoms with Gasteiger partial charge in [0.15, 0.2) is 5.82 Å². The van der Waals surface area contributed by atoms with Crippen molar-refractivity contribution in [2.75, 3.05) is 0 Å². The number of fused-ring (bicyclic) bond motifs is 3. The van der Waals surface area contributed by atoms with Gasteiger partial charge in [-0.2, -0.15) is 0 Å². The molecule has 1 aliphatic rings. The maximum Gasteiger partial charge on any atom is 0.207 e. The lowest BCUT2D eigenvalue weighted by Gasteiger charge is -2.13. The predicted octanol–water partition coefficient (Wildman–Crippen LogP) is 11.3. The third-order valence-electron chi connectivity index (χ3n) is 9.50. The summed E-state index contributed by atoms with van der Waals surface area (Å²) in [6, 6.07) is 60.2. The minimum absolute atomic E-state index is 0.292. The second kappa shape index (κ2) is 12.5. The fraction of sp³-hybridized carbons (Fsp3) is 0. The Morgan fingerprint density at radius 1 is 0.333 bits per heavy atom. The third-order valence-corrected chi connectivity index (χ3v) is 11.4. The summed E-state index contributed by atoms with van der Waals surface area (Å²) in [6.45, 7) is 0. The SMILES string of the molecule is O=S1(=O)c2ccc(-c3ccc(-c4ccccc4)cc3)cc2-c2c(-c3cc(-c4ccccc4)nc(-c4ccc(-c5ccccc5)cc4)n3)cccc21. The summed E-state index contributed by atoms with van der Waals surface area (Å²) in [7, 11) is -3.74. The van der Waals surface area contributed by atoms with Crippen LogP contribution in [0.1, 0.15) is 0 Å². The average Bonchev–Trinajstić information content (AvgIpc) is 3.44. The molecule has 1 aromatic heterocycles. The Labute approximate surface area is 297 Å². The zero-order valence-electron chi connectivity index (χ0n) is 27.4. The van der Waals surface area contributed by atoms with Crippen molar-refractivity contribution < 1.29 is 8.42 Å². The molecule has 51 heavy (non-hydrogen) atoms. The third kappa shape index (κ3) is 5.54. The van der Waals surface area contributed by atoms with Gasteiger partial charge in [0.25, 0.3) is 0 Å². The van der Waals surface area contributed by atoms with Crippen molar-refractivity contribution in [1.29, 1.82) is 0 Å². The normalized spacial score (nSPS) is 12.6. The van der Waals surface area contributed by atoms with Crippen LogP contribution in [-0.2, 0) is 9.84 Å². The van der Waals surface area contributed by atoms with Gasteiger partial charge in [-0.1, -0.05) is 158 Å². The maximum absolute atomic E-state index is 14.0. The number of nitrogens with zero attached hydrogens (tertiary/aromatic N) is 2. The maximum atomic E-state index is 14.0. The van der Waals surface area contributed by atoms with Gasteiger partial charge in [-0.05, 0) is 57.6 Å². The molecular formula is C46H30N2O2S. The van der Waals surface area contributed by atoms with Gasteiger partial charge in [0.05, 0.1) is 21.2 Å². The van der Waals surface area contributed by atoms with E-state index >= 15 is 0 Å². The molecule has 0 aliphatic carbocycles. The summed E-state index contributed by atoms with van der Waals surface area (Å²) in [4.78, 5) is 10.7. The van der Waals surface area contributed by atoms with Crippen LogP contribution >= 0.6 is 0 Å². The standard InChI is InChI=1S/C46H30N2O2S/c49-51(50)43-28-27-38(35-21-19-33(20-22-35)31-11-4-1-5-12-31)29-40(43)45-39(17-10-18-44(45)51)42-30-41(36-15-8-3-9-16-36)47-46(48-42)37-25-23-34(24-26-37)32-13-6-2-7-14-32/h1-30H. The molecule has 2 heterocycles. The molecule has 1 aliphatic heterocycles. The van der Waals surface area contributed by atoms with Crippen molar-refractivity contribution in [3.63, 3.8) is 0 Å². The molecule has 8 aromatic rings. The molecule has 0 amide bonds. The molecule has 0 saturated carbocycles. The van der Waals surface area contributed by atoms with Crippen LogP contribution in [0.3, 0.4) is 0 Å². The van der Waals surface area contributed by atoms with Crippen molar-refractivity contribution in [1.82, 2.24) is 9.97 Å². The van der Waals surface area contributed by atoms with Crippen LogP contribution in [-0.4, -0.2) is 18.4 Å². The Kier molecular flexibility index (Phi) is 7.49. The van der Waals surface area contributed by atoms with Crippen molar-refractivity contribution >= 4 is 9.84 Å². The van der Waals surface area contributed by atoms with Crippen molar-refractivity contribution in [3.05, 3.63) is 182 Å². The number of hydrogen-bond acceptors (Lipinski definition) is 4. The molecule has 4 nitrogen and oxygen atoms in total. The Balaban J connectivity index is 1.18. The highest BCUT2D eigenvalue weighted by Crippen LogP contribution is 2.49. The monoisotopic (exact) mass is 674 g/mol. The second-order valence-corrected chi connectivity index (χ2v) is 14.5. The van der Waals surface area contributed by atoms with E-state index in [0.717, 1.165) is 55.8 Å². The van der Waals surface area contributed by atoms with E-state index in [9.17, 15) is 8.42 Å². The smallest absolute Gasteiger partial charge is 0.207 e. The lowest BCUT2D eigenvalue weighted by atomic mass is 9.93. The molecule has 0 bridgehead atoms. The molecule has 0 spiro atoms. The summed E-state index contributed by atoms with van der Waals surface area (Å²) in [5, 5.41) is 0. The van der Waals surface area contributed by atoms with Gasteiger partial charge in [0, 0.05) is 27.8 Å². The van der Waals surface area contributed by atoms with Gasteiger partial charge >= 0.3 is 0 Å². The Morgan fingerprint density at radius 3 is 1.39 bits per heavy atom. The van der Waals surface area contributed by atoms with Crippen LogP contribution in [0, 0.1) is 0 Å². The van der Waals surface area contributed by atoms with Gasteiger partial charge < -0.3 is 0 Å². The van der Waals surface area contributed by atoms with E-state index in [4.69, 9.17) is 9.97 Å². The molecule has 5 heteroatoms. The quantitative estimate of drug-likeness (QED) is 0.176. The molecule has 0 unspecified atom stereocenters. The van der Waals surface area contributed by atoms with Crippen LogP contribution in [0.5, 0.6) is 0 Å². The van der Waals surface area contributed by atoms with Gasteiger partial charge in [-0.25, -0.2) is 18.4 Å². The van der Waals surface area contributed by atoms with E-state index in [-0.39, 0.29) is 0 Å². The Bertz CT molecular complexity index is 2660. The number of hydrogen-bond donors (Lipinski definition) is 0. The van der Waals surface area contributed by atoms with E-state index in [1.807, 2.05) is 103 Å². The van der Waals surface area contributed by atoms with Crippen LogP contribution in [0.25, 0.3) is 78.4 Å². The molecule has 0 fully saturated rings. The van der Waals surface area contributed by atoms with Crippen LogP contribution in [0.2, 0.25) is 0 Å². The highest BCUT2D eigenvalue weighted by atomic mass is 32.2. The van der Waals surface area contributed by atoms with Gasteiger partial charge in [-0.3, -0.25) is 0 Å². The predicted molar refractivity (Wildman–Crippen MR) is 206 cm³/mol. The number of benzene rings is 7. The zero-order chi connectivity index (χ0) is 34.4. The summed E-state index contributed by atoms with van der Waals surface area (Å²) in [6.07, 6.45) is 0. The largest absolute Gasteiger partial charge is 0.228 e. The summed E-state index contributed by atoms with van der Waals surface area (Å²) < 4.78 is 28.0. The molecular weight excluding hydrogens is 645 g/mol. The fourth-order valence-electron chi connectivity index (χ4n) is 6.90. The van der Waals surface area contributed by atoms with Gasteiger partial charge in [0.2, 0.25) is 9.84 Å². The fourth-order valence-corrected chi connectivity index (χ4v) is 8.58. The highest BCUT2D eigenvalue weighted by Gasteiger charge is 2.35.